The average molecular weight is 335 g/mol. The Kier molecular flexibility index (Phi) is 3.57. The van der Waals surface area contributed by atoms with E-state index in [4.69, 9.17) is 9.15 Å². The molecule has 0 aliphatic carbocycles. The van der Waals surface area contributed by atoms with Gasteiger partial charge in [-0.2, -0.15) is 0 Å². The van der Waals surface area contributed by atoms with Gasteiger partial charge in [0.05, 0.1) is 24.1 Å². The fourth-order valence-electron chi connectivity index (χ4n) is 3.25. The molecule has 3 aromatic rings. The number of aryl methyl sites for hydroxylation is 1. The summed E-state index contributed by atoms with van der Waals surface area (Å²) < 4.78 is 11.0. The molecule has 0 fully saturated rings. The molecule has 5 heteroatoms. The van der Waals surface area contributed by atoms with Gasteiger partial charge in [-0.1, -0.05) is 25.1 Å². The van der Waals surface area contributed by atoms with Gasteiger partial charge >= 0.3 is 0 Å². The van der Waals surface area contributed by atoms with Crippen molar-refractivity contribution >= 4 is 16.9 Å². The van der Waals surface area contributed by atoms with Crippen molar-refractivity contribution in [2.24, 2.45) is 0 Å². The summed E-state index contributed by atoms with van der Waals surface area (Å²) in [5.41, 5.74) is 2.46. The Bertz CT molecular complexity index is 1050. The number of hydrogen-bond donors (Lipinski definition) is 1. The molecule has 0 bridgehead atoms. The lowest BCUT2D eigenvalue weighted by atomic mass is 9.98. The first-order valence-electron chi connectivity index (χ1n) is 8.16. The molecule has 25 heavy (non-hydrogen) atoms. The van der Waals surface area contributed by atoms with Crippen molar-refractivity contribution in [2.75, 3.05) is 7.11 Å². The zero-order valence-electron chi connectivity index (χ0n) is 14.0. The van der Waals surface area contributed by atoms with Crippen LogP contribution < -0.4 is 15.5 Å². The summed E-state index contributed by atoms with van der Waals surface area (Å²) in [6.07, 6.45) is 0.822. The van der Waals surface area contributed by atoms with Crippen molar-refractivity contribution in [3.63, 3.8) is 0 Å². The van der Waals surface area contributed by atoms with Crippen LogP contribution in [-0.2, 0) is 6.42 Å². The first-order valence-corrected chi connectivity index (χ1v) is 8.16. The minimum absolute atomic E-state index is 0.0922. The summed E-state index contributed by atoms with van der Waals surface area (Å²) >= 11 is 0. The van der Waals surface area contributed by atoms with Crippen LogP contribution in [0, 0.1) is 0 Å². The normalized spacial score (nSPS) is 15.9. The smallest absolute Gasteiger partial charge is 0.288 e. The quantitative estimate of drug-likeness (QED) is 0.798. The topological polar surface area (TPSA) is 68.5 Å². The second-order valence-corrected chi connectivity index (χ2v) is 6.04. The molecular weight excluding hydrogens is 318 g/mol. The van der Waals surface area contributed by atoms with Crippen LogP contribution in [0.4, 0.5) is 0 Å². The van der Waals surface area contributed by atoms with E-state index >= 15 is 0 Å². The molecule has 0 saturated heterocycles. The molecule has 1 N–H and O–H groups in total. The number of carbonyl (C=O) groups excluding carboxylic acids is 1. The highest BCUT2D eigenvalue weighted by Gasteiger charge is 2.36. The lowest BCUT2D eigenvalue weighted by Gasteiger charge is -2.12. The van der Waals surface area contributed by atoms with Crippen LogP contribution in [0.25, 0.3) is 11.0 Å². The Morgan fingerprint density at radius 3 is 2.76 bits per heavy atom. The predicted molar refractivity (Wildman–Crippen MR) is 94.2 cm³/mol. The van der Waals surface area contributed by atoms with Crippen LogP contribution in [-0.4, -0.2) is 13.0 Å². The number of methoxy groups -OCH3 is 1. The van der Waals surface area contributed by atoms with E-state index < -0.39 is 6.04 Å². The Balaban J connectivity index is 1.95. The minimum atomic E-state index is -0.538. The van der Waals surface area contributed by atoms with Crippen molar-refractivity contribution in [3.8, 4) is 5.75 Å². The monoisotopic (exact) mass is 335 g/mol. The highest BCUT2D eigenvalue weighted by molar-refractivity contribution is 5.99. The number of nitrogens with one attached hydrogen (secondary N) is 1. The van der Waals surface area contributed by atoms with Crippen molar-refractivity contribution in [1.82, 2.24) is 5.32 Å². The number of carbonyl (C=O) groups is 1. The van der Waals surface area contributed by atoms with E-state index in [0.29, 0.717) is 22.3 Å². The van der Waals surface area contributed by atoms with E-state index in [1.165, 1.54) is 0 Å². The number of ether oxygens (including phenoxy) is 1. The summed E-state index contributed by atoms with van der Waals surface area (Å²) in [7, 11) is 1.58. The van der Waals surface area contributed by atoms with Crippen molar-refractivity contribution in [3.05, 3.63) is 75.1 Å². The van der Waals surface area contributed by atoms with Gasteiger partial charge < -0.3 is 14.5 Å². The second-order valence-electron chi connectivity index (χ2n) is 6.04. The molecule has 2 aromatic carbocycles. The number of fused-ring (bicyclic) bond motifs is 2. The molecule has 1 aliphatic heterocycles. The predicted octanol–water partition coefficient (Wildman–Crippen LogP) is 3.20. The fourth-order valence-corrected chi connectivity index (χ4v) is 3.25. The SMILES string of the molecule is CCc1ccc2oc3c(c(=O)c2c1)C(c1cccc(OC)c1)NC3=O. The van der Waals surface area contributed by atoms with E-state index in [-0.39, 0.29) is 17.1 Å². The molecule has 126 valence electrons. The van der Waals surface area contributed by atoms with Gasteiger partial charge in [0.1, 0.15) is 11.3 Å². The van der Waals surface area contributed by atoms with Crippen LogP contribution in [0.1, 0.15) is 40.2 Å². The van der Waals surface area contributed by atoms with Crippen LogP contribution in [0.3, 0.4) is 0 Å². The Hall–Kier alpha value is -3.08. The van der Waals surface area contributed by atoms with Gasteiger partial charge in [-0.3, -0.25) is 9.59 Å². The minimum Gasteiger partial charge on any atom is -0.497 e. The summed E-state index contributed by atoms with van der Waals surface area (Å²) in [5.74, 6) is 0.384. The van der Waals surface area contributed by atoms with Crippen LogP contribution >= 0.6 is 0 Å². The third kappa shape index (κ3) is 2.39. The lowest BCUT2D eigenvalue weighted by Crippen LogP contribution is -2.21. The van der Waals surface area contributed by atoms with Crippen LogP contribution in [0.15, 0.2) is 51.7 Å². The van der Waals surface area contributed by atoms with Crippen LogP contribution in [0.2, 0.25) is 0 Å². The zero-order valence-corrected chi connectivity index (χ0v) is 14.0. The van der Waals surface area contributed by atoms with Gasteiger partial charge in [0.15, 0.2) is 5.43 Å². The number of rotatable bonds is 3. The van der Waals surface area contributed by atoms with E-state index in [2.05, 4.69) is 5.32 Å². The first-order chi connectivity index (χ1) is 12.1. The Morgan fingerprint density at radius 2 is 2.00 bits per heavy atom. The molecule has 5 nitrogen and oxygen atoms in total. The van der Waals surface area contributed by atoms with Gasteiger partial charge in [-0.25, -0.2) is 0 Å². The van der Waals surface area contributed by atoms with Gasteiger partial charge in [0.2, 0.25) is 5.76 Å². The van der Waals surface area contributed by atoms with E-state index in [0.717, 1.165) is 17.5 Å². The number of benzene rings is 2. The third-order valence-corrected chi connectivity index (χ3v) is 4.60. The molecule has 4 rings (SSSR count). The molecule has 1 unspecified atom stereocenters. The Labute approximate surface area is 144 Å². The summed E-state index contributed by atoms with van der Waals surface area (Å²) in [5, 5.41) is 3.35. The van der Waals surface area contributed by atoms with E-state index in [1.54, 1.807) is 13.2 Å². The second kappa shape index (κ2) is 5.77. The molecule has 1 aromatic heterocycles. The molecule has 2 heterocycles. The molecule has 1 aliphatic rings. The van der Waals surface area contributed by atoms with Gasteiger partial charge in [0.25, 0.3) is 5.91 Å². The average Bonchev–Trinajstić information content (AvgIpc) is 2.98. The first kappa shape index (κ1) is 15.4. The lowest BCUT2D eigenvalue weighted by molar-refractivity contribution is 0.0938. The molecule has 1 atom stereocenters. The standard InChI is InChI=1S/C20H17NO4/c1-3-11-7-8-15-14(9-11)18(22)16-17(21-20(23)19(16)25-15)12-5-4-6-13(10-12)24-2/h4-10,17H,3H2,1-2H3,(H,21,23). The largest absolute Gasteiger partial charge is 0.497 e. The highest BCUT2D eigenvalue weighted by atomic mass is 16.5. The fraction of sp³-hybridized carbons (Fsp3) is 0.200. The number of hydrogen-bond acceptors (Lipinski definition) is 4. The maximum atomic E-state index is 13.1. The Morgan fingerprint density at radius 1 is 1.16 bits per heavy atom. The maximum Gasteiger partial charge on any atom is 0.288 e. The van der Waals surface area contributed by atoms with Gasteiger partial charge in [-0.05, 0) is 41.8 Å². The maximum absolute atomic E-state index is 13.1. The summed E-state index contributed by atoms with van der Waals surface area (Å²) in [6.45, 7) is 2.03. The molecule has 1 amide bonds. The molecule has 0 saturated carbocycles. The molecular formula is C20H17NO4. The summed E-state index contributed by atoms with van der Waals surface area (Å²) in [6, 6.07) is 12.3. The van der Waals surface area contributed by atoms with Crippen molar-refractivity contribution < 1.29 is 13.9 Å². The van der Waals surface area contributed by atoms with E-state index in [1.807, 2.05) is 43.3 Å². The zero-order chi connectivity index (χ0) is 17.6. The highest BCUT2D eigenvalue weighted by Crippen LogP contribution is 2.32. The van der Waals surface area contributed by atoms with E-state index in [9.17, 15) is 9.59 Å². The molecule has 0 spiro atoms. The van der Waals surface area contributed by atoms with Crippen LogP contribution in [0.5, 0.6) is 5.75 Å². The number of amides is 1. The molecule has 0 radical (unpaired) electrons. The van der Waals surface area contributed by atoms with Gasteiger partial charge in [-0.15, -0.1) is 0 Å². The van der Waals surface area contributed by atoms with Gasteiger partial charge in [0, 0.05) is 0 Å². The third-order valence-electron chi connectivity index (χ3n) is 4.60. The van der Waals surface area contributed by atoms with Crippen molar-refractivity contribution in [2.45, 2.75) is 19.4 Å². The summed E-state index contributed by atoms with van der Waals surface area (Å²) in [4.78, 5) is 25.4. The van der Waals surface area contributed by atoms with Crippen molar-refractivity contribution in [1.29, 1.82) is 0 Å².